The maximum atomic E-state index is 11.7. The molecule has 96 valence electrons. The Morgan fingerprint density at radius 3 is 2.76 bits per heavy atom. The highest BCUT2D eigenvalue weighted by Gasteiger charge is 2.12. The van der Waals surface area contributed by atoms with Crippen molar-refractivity contribution in [2.24, 2.45) is 0 Å². The van der Waals surface area contributed by atoms with Crippen molar-refractivity contribution in [3.63, 3.8) is 0 Å². The van der Waals surface area contributed by atoms with Crippen molar-refractivity contribution in [2.45, 2.75) is 6.42 Å². The molecule has 0 aliphatic carbocycles. The van der Waals surface area contributed by atoms with E-state index in [9.17, 15) is 8.42 Å². The van der Waals surface area contributed by atoms with Crippen LogP contribution in [0.15, 0.2) is 18.2 Å². The minimum Gasteiger partial charge on any atom is -0.385 e. The first-order valence-electron chi connectivity index (χ1n) is 4.89. The second-order valence-electron chi connectivity index (χ2n) is 3.39. The summed E-state index contributed by atoms with van der Waals surface area (Å²) in [6.07, 6.45) is 0.468. The number of nitrogens with one attached hydrogen (secondary N) is 1. The molecule has 4 nitrogen and oxygen atoms in total. The third-order valence-electron chi connectivity index (χ3n) is 1.96. The number of rotatable bonds is 6. The standard InChI is InChI=1S/C10H13ClINO3S/c1-16-5-2-6-17(14,15)13-10-4-3-8(11)7-9(10)12/h3-4,7,13H,2,5-6H2,1H3. The first-order valence-corrected chi connectivity index (χ1v) is 8.00. The summed E-state index contributed by atoms with van der Waals surface area (Å²) in [5.74, 6) is 0.0412. The molecular formula is C10H13ClINO3S. The van der Waals surface area contributed by atoms with Crippen molar-refractivity contribution >= 4 is 49.9 Å². The quantitative estimate of drug-likeness (QED) is 0.601. The summed E-state index contributed by atoms with van der Waals surface area (Å²) in [7, 11) is -1.78. The topological polar surface area (TPSA) is 55.4 Å². The van der Waals surface area contributed by atoms with E-state index >= 15 is 0 Å². The molecule has 0 amide bonds. The summed E-state index contributed by atoms with van der Waals surface area (Å²) in [4.78, 5) is 0. The summed E-state index contributed by atoms with van der Waals surface area (Å²) in [6.45, 7) is 0.429. The summed E-state index contributed by atoms with van der Waals surface area (Å²) in [5.41, 5.74) is 0.549. The molecule has 1 aromatic rings. The van der Waals surface area contributed by atoms with Crippen molar-refractivity contribution in [3.8, 4) is 0 Å². The Morgan fingerprint density at radius 2 is 2.18 bits per heavy atom. The van der Waals surface area contributed by atoms with Crippen LogP contribution in [0.25, 0.3) is 0 Å². The minimum absolute atomic E-state index is 0.0412. The predicted octanol–water partition coefficient (Wildman–Crippen LogP) is 2.72. The van der Waals surface area contributed by atoms with Crippen LogP contribution in [-0.4, -0.2) is 27.9 Å². The summed E-state index contributed by atoms with van der Waals surface area (Å²) >= 11 is 7.83. The first kappa shape index (κ1) is 15.0. The monoisotopic (exact) mass is 389 g/mol. The number of halogens is 2. The van der Waals surface area contributed by atoms with E-state index in [1.807, 2.05) is 22.6 Å². The molecule has 0 heterocycles. The predicted molar refractivity (Wildman–Crippen MR) is 78.1 cm³/mol. The number of ether oxygens (including phenoxy) is 1. The second-order valence-corrected chi connectivity index (χ2v) is 6.83. The van der Waals surface area contributed by atoms with Gasteiger partial charge in [0.25, 0.3) is 0 Å². The van der Waals surface area contributed by atoms with Crippen LogP contribution in [0.1, 0.15) is 6.42 Å². The largest absolute Gasteiger partial charge is 0.385 e. The summed E-state index contributed by atoms with van der Waals surface area (Å²) in [6, 6.07) is 5.00. The van der Waals surface area contributed by atoms with Crippen molar-refractivity contribution < 1.29 is 13.2 Å². The van der Waals surface area contributed by atoms with Crippen LogP contribution in [0.4, 0.5) is 5.69 Å². The van der Waals surface area contributed by atoms with Gasteiger partial charge in [-0.2, -0.15) is 0 Å². The van der Waals surface area contributed by atoms with Gasteiger partial charge in [0, 0.05) is 22.3 Å². The van der Waals surface area contributed by atoms with Crippen molar-refractivity contribution in [3.05, 3.63) is 26.8 Å². The molecule has 0 aliphatic heterocycles. The molecule has 1 N–H and O–H groups in total. The number of anilines is 1. The van der Waals surface area contributed by atoms with E-state index in [0.717, 1.165) is 3.57 Å². The number of methoxy groups -OCH3 is 1. The Bertz CT molecular complexity index is 478. The average Bonchev–Trinajstić information content (AvgIpc) is 2.22. The average molecular weight is 390 g/mol. The Labute approximate surface area is 120 Å². The molecule has 17 heavy (non-hydrogen) atoms. The third kappa shape index (κ3) is 5.41. The van der Waals surface area contributed by atoms with Gasteiger partial charge in [-0.25, -0.2) is 8.42 Å². The van der Waals surface area contributed by atoms with E-state index in [4.69, 9.17) is 16.3 Å². The van der Waals surface area contributed by atoms with E-state index in [0.29, 0.717) is 23.7 Å². The van der Waals surface area contributed by atoms with Gasteiger partial charge in [-0.1, -0.05) is 11.6 Å². The van der Waals surface area contributed by atoms with Gasteiger partial charge in [0.1, 0.15) is 0 Å². The smallest absolute Gasteiger partial charge is 0.232 e. The van der Waals surface area contributed by atoms with E-state index in [1.165, 1.54) is 0 Å². The van der Waals surface area contributed by atoms with Gasteiger partial charge < -0.3 is 4.74 Å². The second kappa shape index (κ2) is 6.77. The lowest BCUT2D eigenvalue weighted by atomic mass is 10.3. The highest BCUT2D eigenvalue weighted by Crippen LogP contribution is 2.23. The SMILES string of the molecule is COCCCS(=O)(=O)Nc1ccc(Cl)cc1I. The van der Waals surface area contributed by atoms with Gasteiger partial charge >= 0.3 is 0 Å². The van der Waals surface area contributed by atoms with Crippen LogP contribution in [0.3, 0.4) is 0 Å². The van der Waals surface area contributed by atoms with Crippen molar-refractivity contribution in [1.82, 2.24) is 0 Å². The molecule has 0 atom stereocenters. The van der Waals surface area contributed by atoms with E-state index in [-0.39, 0.29) is 5.75 Å². The fraction of sp³-hybridized carbons (Fsp3) is 0.400. The molecule has 7 heteroatoms. The molecule has 0 spiro atoms. The number of sulfonamides is 1. The van der Waals surface area contributed by atoms with Crippen LogP contribution in [0, 0.1) is 3.57 Å². The molecule has 0 aromatic heterocycles. The normalized spacial score (nSPS) is 11.5. The molecule has 0 unspecified atom stereocenters. The maximum absolute atomic E-state index is 11.7. The maximum Gasteiger partial charge on any atom is 0.232 e. The van der Waals surface area contributed by atoms with Gasteiger partial charge in [-0.05, 0) is 47.2 Å². The van der Waals surface area contributed by atoms with Gasteiger partial charge in [0.15, 0.2) is 0 Å². The van der Waals surface area contributed by atoms with E-state index in [1.54, 1.807) is 25.3 Å². The molecular weight excluding hydrogens is 377 g/mol. The van der Waals surface area contributed by atoms with Crippen LogP contribution < -0.4 is 4.72 Å². The lowest BCUT2D eigenvalue weighted by molar-refractivity contribution is 0.199. The molecule has 0 bridgehead atoms. The highest BCUT2D eigenvalue weighted by molar-refractivity contribution is 14.1. The molecule has 0 saturated heterocycles. The number of hydrogen-bond acceptors (Lipinski definition) is 3. The van der Waals surface area contributed by atoms with Gasteiger partial charge in [0.2, 0.25) is 10.0 Å². The molecule has 1 rings (SSSR count). The zero-order valence-corrected chi connectivity index (χ0v) is 13.0. The zero-order chi connectivity index (χ0) is 12.9. The summed E-state index contributed by atoms with van der Waals surface area (Å²) < 4.78 is 31.5. The lowest BCUT2D eigenvalue weighted by Gasteiger charge is -2.09. The third-order valence-corrected chi connectivity index (χ3v) is 4.44. The lowest BCUT2D eigenvalue weighted by Crippen LogP contribution is -2.18. The van der Waals surface area contributed by atoms with Gasteiger partial charge in [0.05, 0.1) is 11.4 Å². The first-order chi connectivity index (χ1) is 7.94. The highest BCUT2D eigenvalue weighted by atomic mass is 127. The Kier molecular flexibility index (Phi) is 5.98. The molecule has 0 fully saturated rings. The fourth-order valence-corrected chi connectivity index (χ4v) is 3.49. The molecule has 1 aromatic carbocycles. The number of hydrogen-bond donors (Lipinski definition) is 1. The van der Waals surface area contributed by atoms with Gasteiger partial charge in [-0.15, -0.1) is 0 Å². The molecule has 0 radical (unpaired) electrons. The van der Waals surface area contributed by atoms with Crippen molar-refractivity contribution in [2.75, 3.05) is 24.2 Å². The van der Waals surface area contributed by atoms with Crippen LogP contribution in [0.5, 0.6) is 0 Å². The summed E-state index contributed by atoms with van der Waals surface area (Å²) in [5, 5.41) is 0.580. The van der Waals surface area contributed by atoms with Crippen molar-refractivity contribution in [1.29, 1.82) is 0 Å². The van der Waals surface area contributed by atoms with Crippen LogP contribution >= 0.6 is 34.2 Å². The van der Waals surface area contributed by atoms with E-state index in [2.05, 4.69) is 4.72 Å². The number of benzene rings is 1. The minimum atomic E-state index is -3.32. The van der Waals surface area contributed by atoms with E-state index < -0.39 is 10.0 Å². The van der Waals surface area contributed by atoms with Crippen LogP contribution in [0.2, 0.25) is 5.02 Å². The van der Waals surface area contributed by atoms with Crippen LogP contribution in [-0.2, 0) is 14.8 Å². The Morgan fingerprint density at radius 1 is 1.47 bits per heavy atom. The zero-order valence-electron chi connectivity index (χ0n) is 9.24. The Hall–Kier alpha value is -0.0500. The molecule has 0 saturated carbocycles. The Balaban J connectivity index is 2.69. The fourth-order valence-electron chi connectivity index (χ4n) is 1.18. The van der Waals surface area contributed by atoms with Gasteiger partial charge in [-0.3, -0.25) is 4.72 Å². The molecule has 0 aliphatic rings.